The molecule has 21 heavy (non-hydrogen) atoms. The van der Waals surface area contributed by atoms with Gasteiger partial charge in [-0.3, -0.25) is 9.59 Å². The van der Waals surface area contributed by atoms with Gasteiger partial charge in [0.2, 0.25) is 0 Å². The van der Waals surface area contributed by atoms with E-state index in [1.165, 1.54) is 26.0 Å². The van der Waals surface area contributed by atoms with E-state index in [0.717, 1.165) is 0 Å². The Kier molecular flexibility index (Phi) is 3.99. The van der Waals surface area contributed by atoms with Crippen molar-refractivity contribution >= 4 is 34.5 Å². The lowest BCUT2D eigenvalue weighted by Gasteiger charge is -2.11. The molecule has 2 rings (SSSR count). The molecule has 0 radical (unpaired) electrons. The lowest BCUT2D eigenvalue weighted by Crippen LogP contribution is -2.07. The largest absolute Gasteiger partial charge is 0.426 e. The first-order chi connectivity index (χ1) is 9.79. The molecule has 0 bridgehead atoms. The summed E-state index contributed by atoms with van der Waals surface area (Å²) in [7, 11) is 0. The van der Waals surface area contributed by atoms with E-state index >= 15 is 0 Å². The molecule has 0 spiro atoms. The second-order valence-electron chi connectivity index (χ2n) is 4.31. The molecule has 1 aromatic heterocycles. The van der Waals surface area contributed by atoms with Gasteiger partial charge in [-0.2, -0.15) is 0 Å². The van der Waals surface area contributed by atoms with Crippen molar-refractivity contribution in [3.05, 3.63) is 33.1 Å². The van der Waals surface area contributed by atoms with E-state index in [1.54, 1.807) is 6.92 Å². The van der Waals surface area contributed by atoms with Crippen molar-refractivity contribution in [1.82, 2.24) is 0 Å². The van der Waals surface area contributed by atoms with Crippen LogP contribution in [0.3, 0.4) is 0 Å². The monoisotopic (exact) mass is 310 g/mol. The van der Waals surface area contributed by atoms with Gasteiger partial charge >= 0.3 is 17.6 Å². The van der Waals surface area contributed by atoms with Gasteiger partial charge in [0.25, 0.3) is 0 Å². The summed E-state index contributed by atoms with van der Waals surface area (Å²) in [6.45, 7) is 4.04. The van der Waals surface area contributed by atoms with Gasteiger partial charge in [0.05, 0.1) is 5.39 Å². The normalized spacial score (nSPS) is 10.5. The van der Waals surface area contributed by atoms with Crippen molar-refractivity contribution in [1.29, 1.82) is 0 Å². The van der Waals surface area contributed by atoms with Crippen LogP contribution in [0.4, 0.5) is 0 Å². The molecular weight excluding hydrogens is 300 g/mol. The van der Waals surface area contributed by atoms with Gasteiger partial charge in [0, 0.05) is 26.0 Å². The third-order valence-electron chi connectivity index (χ3n) is 2.64. The SMILES string of the molecule is CC(=O)Oc1cc(OC(C)=O)c2c(C)c(Cl)c(=O)oc2c1. The number of aryl methyl sites for hydroxylation is 1. The number of benzene rings is 1. The molecule has 0 unspecified atom stereocenters. The molecule has 0 fully saturated rings. The first-order valence-electron chi connectivity index (χ1n) is 5.93. The summed E-state index contributed by atoms with van der Waals surface area (Å²) in [4.78, 5) is 33.8. The quantitative estimate of drug-likeness (QED) is 0.481. The first-order valence-corrected chi connectivity index (χ1v) is 6.31. The fourth-order valence-electron chi connectivity index (χ4n) is 1.88. The van der Waals surface area contributed by atoms with Crippen molar-refractivity contribution < 1.29 is 23.5 Å². The second-order valence-corrected chi connectivity index (χ2v) is 4.69. The van der Waals surface area contributed by atoms with E-state index in [9.17, 15) is 14.4 Å². The zero-order chi connectivity index (χ0) is 15.7. The van der Waals surface area contributed by atoms with Crippen molar-refractivity contribution in [3.8, 4) is 11.5 Å². The number of ether oxygens (including phenoxy) is 2. The van der Waals surface area contributed by atoms with Crippen LogP contribution in [-0.4, -0.2) is 11.9 Å². The maximum Gasteiger partial charge on any atom is 0.355 e. The third-order valence-corrected chi connectivity index (χ3v) is 3.08. The Morgan fingerprint density at radius 3 is 2.33 bits per heavy atom. The fraction of sp³-hybridized carbons (Fsp3) is 0.214. The number of hydrogen-bond donors (Lipinski definition) is 0. The number of esters is 2. The number of fused-ring (bicyclic) bond motifs is 1. The van der Waals surface area contributed by atoms with Gasteiger partial charge in [-0.05, 0) is 12.5 Å². The topological polar surface area (TPSA) is 82.8 Å². The van der Waals surface area contributed by atoms with Crippen LogP contribution >= 0.6 is 11.6 Å². The number of halogens is 1. The molecule has 0 N–H and O–H groups in total. The van der Waals surface area contributed by atoms with E-state index in [2.05, 4.69) is 0 Å². The maximum atomic E-state index is 11.6. The summed E-state index contributed by atoms with van der Waals surface area (Å²) in [6, 6.07) is 2.71. The van der Waals surface area contributed by atoms with Gasteiger partial charge in [-0.25, -0.2) is 4.79 Å². The number of hydrogen-bond acceptors (Lipinski definition) is 6. The van der Waals surface area contributed by atoms with Crippen LogP contribution in [0.1, 0.15) is 19.4 Å². The highest BCUT2D eigenvalue weighted by atomic mass is 35.5. The standard InChI is InChI=1S/C14H11ClO6/c1-6-12-10(20-8(3)17)4-9(19-7(2)16)5-11(12)21-14(18)13(6)15/h4-5H,1-3H3. The molecule has 2 aromatic rings. The molecule has 0 amide bonds. The molecule has 110 valence electrons. The third kappa shape index (κ3) is 3.05. The Labute approximate surface area is 124 Å². The Hall–Kier alpha value is -2.34. The van der Waals surface area contributed by atoms with Gasteiger partial charge in [-0.15, -0.1) is 0 Å². The highest BCUT2D eigenvalue weighted by Gasteiger charge is 2.17. The average molecular weight is 311 g/mol. The van der Waals surface area contributed by atoms with Crippen LogP contribution in [0, 0.1) is 6.92 Å². The zero-order valence-electron chi connectivity index (χ0n) is 11.5. The Morgan fingerprint density at radius 2 is 1.76 bits per heavy atom. The molecule has 0 atom stereocenters. The van der Waals surface area contributed by atoms with Crippen molar-refractivity contribution in [2.45, 2.75) is 20.8 Å². The molecule has 1 heterocycles. The molecular formula is C14H11ClO6. The van der Waals surface area contributed by atoms with Crippen LogP contribution in [0.25, 0.3) is 11.0 Å². The summed E-state index contributed by atoms with van der Waals surface area (Å²) in [5, 5.41) is 0.266. The van der Waals surface area contributed by atoms with Crippen LogP contribution in [-0.2, 0) is 9.59 Å². The Bertz CT molecular complexity index is 805. The van der Waals surface area contributed by atoms with Gasteiger partial charge in [0.15, 0.2) is 0 Å². The van der Waals surface area contributed by atoms with E-state index in [0.29, 0.717) is 10.9 Å². The fourth-order valence-corrected chi connectivity index (χ4v) is 2.02. The van der Waals surface area contributed by atoms with Crippen molar-refractivity contribution in [2.24, 2.45) is 0 Å². The highest BCUT2D eigenvalue weighted by Crippen LogP contribution is 2.35. The Morgan fingerprint density at radius 1 is 1.14 bits per heavy atom. The first kappa shape index (κ1) is 15.1. The van der Waals surface area contributed by atoms with E-state index in [4.69, 9.17) is 25.5 Å². The van der Waals surface area contributed by atoms with E-state index in [1.807, 2.05) is 0 Å². The summed E-state index contributed by atoms with van der Waals surface area (Å²) in [6.07, 6.45) is 0. The van der Waals surface area contributed by atoms with Gasteiger partial charge < -0.3 is 13.9 Å². The van der Waals surface area contributed by atoms with Gasteiger partial charge in [0.1, 0.15) is 22.1 Å². The number of carbonyl (C=O) groups excluding carboxylic acids is 2. The molecule has 1 aromatic carbocycles. The van der Waals surface area contributed by atoms with Crippen LogP contribution in [0.2, 0.25) is 5.02 Å². The minimum atomic E-state index is -0.726. The van der Waals surface area contributed by atoms with Crippen LogP contribution in [0.15, 0.2) is 21.3 Å². The molecule has 7 heteroatoms. The van der Waals surface area contributed by atoms with Gasteiger partial charge in [-0.1, -0.05) is 11.6 Å². The lowest BCUT2D eigenvalue weighted by molar-refractivity contribution is -0.132. The molecule has 0 saturated carbocycles. The summed E-state index contributed by atoms with van der Waals surface area (Å²) in [5.74, 6) is -0.940. The predicted molar refractivity (Wildman–Crippen MR) is 74.8 cm³/mol. The number of carbonyl (C=O) groups is 2. The number of rotatable bonds is 2. The molecule has 0 aliphatic carbocycles. The van der Waals surface area contributed by atoms with Crippen molar-refractivity contribution in [3.63, 3.8) is 0 Å². The average Bonchev–Trinajstić information content (AvgIpc) is 2.34. The molecule has 0 saturated heterocycles. The maximum absolute atomic E-state index is 11.6. The summed E-state index contributed by atoms with van der Waals surface area (Å²) < 4.78 is 15.1. The van der Waals surface area contributed by atoms with Crippen LogP contribution in [0.5, 0.6) is 11.5 Å². The summed E-state index contributed by atoms with van der Waals surface area (Å²) in [5.41, 5.74) is -0.208. The summed E-state index contributed by atoms with van der Waals surface area (Å²) >= 11 is 5.86. The molecule has 0 aliphatic rings. The predicted octanol–water partition coefficient (Wildman–Crippen LogP) is 2.61. The van der Waals surface area contributed by atoms with Crippen molar-refractivity contribution in [2.75, 3.05) is 0 Å². The zero-order valence-corrected chi connectivity index (χ0v) is 12.2. The smallest absolute Gasteiger partial charge is 0.355 e. The molecule has 0 aliphatic heterocycles. The molecule has 6 nitrogen and oxygen atoms in total. The van der Waals surface area contributed by atoms with Crippen LogP contribution < -0.4 is 15.1 Å². The Balaban J connectivity index is 2.80. The van der Waals surface area contributed by atoms with E-state index in [-0.39, 0.29) is 22.1 Å². The second kappa shape index (κ2) is 5.57. The minimum Gasteiger partial charge on any atom is -0.426 e. The minimum absolute atomic E-state index is 0.0936. The highest BCUT2D eigenvalue weighted by molar-refractivity contribution is 6.32. The lowest BCUT2D eigenvalue weighted by atomic mass is 10.1. The van der Waals surface area contributed by atoms with E-state index < -0.39 is 17.6 Å².